The molecule has 19 heavy (non-hydrogen) atoms. The zero-order chi connectivity index (χ0) is 13.9. The number of carbonyl (C=O) groups excluding carboxylic acids is 1. The minimum Gasteiger partial charge on any atom is -0.465 e. The first kappa shape index (κ1) is 14.0. The van der Waals surface area contributed by atoms with Crippen LogP contribution in [0.1, 0.15) is 19.8 Å². The molecule has 0 atom stereocenters. The van der Waals surface area contributed by atoms with Crippen LogP contribution >= 0.6 is 0 Å². The van der Waals surface area contributed by atoms with Crippen molar-refractivity contribution in [1.29, 1.82) is 0 Å². The van der Waals surface area contributed by atoms with Crippen molar-refractivity contribution in [2.75, 3.05) is 13.2 Å². The number of nitrogens with zero attached hydrogens (tertiary/aromatic N) is 2. The first-order valence-corrected chi connectivity index (χ1v) is 7.57. The molecule has 6 nitrogen and oxygen atoms in total. The normalized spacial score (nSPS) is 15.5. The fraction of sp³-hybridized carbons (Fsp3) is 0.500. The van der Waals surface area contributed by atoms with Gasteiger partial charge in [-0.25, -0.2) is 8.42 Å². The van der Waals surface area contributed by atoms with E-state index in [0.717, 1.165) is 12.8 Å². The summed E-state index contributed by atoms with van der Waals surface area (Å²) in [6.45, 7) is 1.69. The second kappa shape index (κ2) is 5.66. The Balaban J connectivity index is 2.21. The Kier molecular flexibility index (Phi) is 4.16. The highest BCUT2D eigenvalue weighted by Gasteiger charge is 2.39. The Morgan fingerprint density at radius 2 is 2.26 bits per heavy atom. The average Bonchev–Trinajstić information content (AvgIpc) is 3.21. The summed E-state index contributed by atoms with van der Waals surface area (Å²) in [5.41, 5.74) is 0. The third-order valence-corrected chi connectivity index (χ3v) is 4.67. The standard InChI is InChI=1S/C12H16N2O4S/c1-2-18-12(15)9-14(10-5-6-10)19(16,17)11-4-3-7-13-8-11/h3-4,7-8,10H,2,5-6,9H2,1H3. The van der Waals surface area contributed by atoms with Gasteiger partial charge in [0, 0.05) is 18.4 Å². The van der Waals surface area contributed by atoms with E-state index >= 15 is 0 Å². The summed E-state index contributed by atoms with van der Waals surface area (Å²) < 4.78 is 30.9. The Morgan fingerprint density at radius 3 is 2.79 bits per heavy atom. The van der Waals surface area contributed by atoms with E-state index < -0.39 is 16.0 Å². The number of hydrogen-bond donors (Lipinski definition) is 0. The van der Waals surface area contributed by atoms with Gasteiger partial charge in [-0.3, -0.25) is 9.78 Å². The Labute approximate surface area is 112 Å². The van der Waals surface area contributed by atoms with Crippen molar-refractivity contribution in [2.45, 2.75) is 30.7 Å². The molecule has 0 N–H and O–H groups in total. The summed E-state index contributed by atoms with van der Waals surface area (Å²) >= 11 is 0. The van der Waals surface area contributed by atoms with Crippen LogP contribution in [0.15, 0.2) is 29.4 Å². The van der Waals surface area contributed by atoms with Crippen LogP contribution in [0.2, 0.25) is 0 Å². The molecule has 1 fully saturated rings. The molecule has 1 saturated carbocycles. The van der Waals surface area contributed by atoms with Crippen LogP contribution in [0, 0.1) is 0 Å². The number of carbonyl (C=O) groups is 1. The van der Waals surface area contributed by atoms with Gasteiger partial charge in [-0.1, -0.05) is 0 Å². The molecular formula is C12H16N2O4S. The van der Waals surface area contributed by atoms with Gasteiger partial charge in [0.25, 0.3) is 0 Å². The summed E-state index contributed by atoms with van der Waals surface area (Å²) in [5, 5.41) is 0. The van der Waals surface area contributed by atoms with Gasteiger partial charge in [0.2, 0.25) is 10.0 Å². The molecule has 1 aromatic rings. The maximum atomic E-state index is 12.4. The molecule has 1 aliphatic carbocycles. The molecule has 0 radical (unpaired) electrons. The van der Waals surface area contributed by atoms with Crippen molar-refractivity contribution >= 4 is 16.0 Å². The van der Waals surface area contributed by atoms with Crippen LogP contribution in [-0.2, 0) is 19.6 Å². The van der Waals surface area contributed by atoms with Crippen molar-refractivity contribution < 1.29 is 17.9 Å². The van der Waals surface area contributed by atoms with E-state index in [2.05, 4.69) is 4.98 Å². The number of rotatable bonds is 6. The van der Waals surface area contributed by atoms with Crippen molar-refractivity contribution in [1.82, 2.24) is 9.29 Å². The number of aromatic nitrogens is 1. The summed E-state index contributed by atoms with van der Waals surface area (Å²) in [5.74, 6) is -0.526. The maximum Gasteiger partial charge on any atom is 0.321 e. The summed E-state index contributed by atoms with van der Waals surface area (Å²) in [4.78, 5) is 15.4. The predicted molar refractivity (Wildman–Crippen MR) is 67.8 cm³/mol. The first-order valence-electron chi connectivity index (χ1n) is 6.13. The van der Waals surface area contributed by atoms with Crippen molar-refractivity contribution in [3.05, 3.63) is 24.5 Å². The third-order valence-electron chi connectivity index (χ3n) is 2.79. The molecule has 0 bridgehead atoms. The summed E-state index contributed by atoms with van der Waals surface area (Å²) in [6.07, 6.45) is 4.35. The molecule has 2 rings (SSSR count). The number of pyridine rings is 1. The maximum absolute atomic E-state index is 12.4. The lowest BCUT2D eigenvalue weighted by atomic mass is 10.5. The molecule has 0 amide bonds. The molecule has 0 unspecified atom stereocenters. The van der Waals surface area contributed by atoms with Gasteiger partial charge in [-0.05, 0) is 31.9 Å². The number of sulfonamides is 1. The molecule has 0 saturated heterocycles. The average molecular weight is 284 g/mol. The van der Waals surface area contributed by atoms with Crippen LogP contribution in [0.3, 0.4) is 0 Å². The highest BCUT2D eigenvalue weighted by molar-refractivity contribution is 7.89. The Hall–Kier alpha value is -1.47. The fourth-order valence-electron chi connectivity index (χ4n) is 1.74. The quantitative estimate of drug-likeness (QED) is 0.722. The summed E-state index contributed by atoms with van der Waals surface area (Å²) in [6, 6.07) is 2.93. The zero-order valence-corrected chi connectivity index (χ0v) is 11.5. The molecule has 1 heterocycles. The Bertz CT molecular complexity index is 540. The van der Waals surface area contributed by atoms with E-state index in [1.54, 1.807) is 13.0 Å². The second-order valence-corrected chi connectivity index (χ2v) is 6.17. The van der Waals surface area contributed by atoms with Gasteiger partial charge >= 0.3 is 5.97 Å². The third kappa shape index (κ3) is 3.30. The molecule has 104 valence electrons. The van der Waals surface area contributed by atoms with E-state index in [0.29, 0.717) is 0 Å². The minimum atomic E-state index is -3.68. The molecule has 1 aromatic heterocycles. The number of ether oxygens (including phenoxy) is 1. The van der Waals surface area contributed by atoms with E-state index in [4.69, 9.17) is 4.74 Å². The second-order valence-electron chi connectivity index (χ2n) is 4.28. The molecule has 0 spiro atoms. The number of esters is 1. The van der Waals surface area contributed by atoms with E-state index in [1.165, 1.54) is 22.8 Å². The molecule has 7 heteroatoms. The number of hydrogen-bond acceptors (Lipinski definition) is 5. The lowest BCUT2D eigenvalue weighted by molar-refractivity contribution is -0.143. The van der Waals surface area contributed by atoms with E-state index in [9.17, 15) is 13.2 Å². The largest absolute Gasteiger partial charge is 0.465 e. The zero-order valence-electron chi connectivity index (χ0n) is 10.7. The highest BCUT2D eigenvalue weighted by atomic mass is 32.2. The lowest BCUT2D eigenvalue weighted by Gasteiger charge is -2.20. The van der Waals surface area contributed by atoms with Crippen molar-refractivity contribution in [3.8, 4) is 0 Å². The van der Waals surface area contributed by atoms with Crippen LogP contribution < -0.4 is 0 Å². The smallest absolute Gasteiger partial charge is 0.321 e. The van der Waals surface area contributed by atoms with Gasteiger partial charge in [-0.2, -0.15) is 4.31 Å². The highest BCUT2D eigenvalue weighted by Crippen LogP contribution is 2.31. The topological polar surface area (TPSA) is 76.6 Å². The monoisotopic (exact) mass is 284 g/mol. The lowest BCUT2D eigenvalue weighted by Crippen LogP contribution is -2.38. The predicted octanol–water partition coefficient (Wildman–Crippen LogP) is 0.798. The van der Waals surface area contributed by atoms with Gasteiger partial charge in [-0.15, -0.1) is 0 Å². The minimum absolute atomic E-state index is 0.102. The van der Waals surface area contributed by atoms with Gasteiger partial charge in [0.15, 0.2) is 0 Å². The van der Waals surface area contributed by atoms with Gasteiger partial charge < -0.3 is 4.74 Å². The van der Waals surface area contributed by atoms with Gasteiger partial charge in [0.1, 0.15) is 11.4 Å². The SMILES string of the molecule is CCOC(=O)CN(C1CC1)S(=O)(=O)c1cccnc1. The van der Waals surface area contributed by atoms with Crippen LogP contribution in [0.4, 0.5) is 0 Å². The molecule has 0 aliphatic heterocycles. The van der Waals surface area contributed by atoms with Crippen molar-refractivity contribution in [3.63, 3.8) is 0 Å². The van der Waals surface area contributed by atoms with Crippen molar-refractivity contribution in [2.24, 2.45) is 0 Å². The molecule has 1 aliphatic rings. The Morgan fingerprint density at radius 1 is 1.53 bits per heavy atom. The molecule has 0 aromatic carbocycles. The first-order chi connectivity index (χ1) is 9.05. The summed E-state index contributed by atoms with van der Waals surface area (Å²) in [7, 11) is -3.68. The molecular weight excluding hydrogens is 268 g/mol. The van der Waals surface area contributed by atoms with E-state index in [-0.39, 0.29) is 24.1 Å². The van der Waals surface area contributed by atoms with E-state index in [1.807, 2.05) is 0 Å². The van der Waals surface area contributed by atoms with Crippen LogP contribution in [0.5, 0.6) is 0 Å². The van der Waals surface area contributed by atoms with Gasteiger partial charge in [0.05, 0.1) is 6.61 Å². The fourth-order valence-corrected chi connectivity index (χ4v) is 3.34. The van der Waals surface area contributed by atoms with Crippen LogP contribution in [0.25, 0.3) is 0 Å². The van der Waals surface area contributed by atoms with Crippen LogP contribution in [-0.4, -0.2) is 42.9 Å².